The van der Waals surface area contributed by atoms with Crippen molar-refractivity contribution in [2.24, 2.45) is 0 Å². The van der Waals surface area contributed by atoms with Gasteiger partial charge in [-0.15, -0.1) is 0 Å². The number of nitrogens with zero attached hydrogens (tertiary/aromatic N) is 2. The van der Waals surface area contributed by atoms with Gasteiger partial charge in [0.1, 0.15) is 0 Å². The number of thiazole rings is 1. The Balaban J connectivity index is 1.89. The van der Waals surface area contributed by atoms with Crippen LogP contribution in [0.1, 0.15) is 60.8 Å². The van der Waals surface area contributed by atoms with E-state index in [-0.39, 0.29) is 0 Å². The third-order valence-electron chi connectivity index (χ3n) is 4.06. The Morgan fingerprint density at radius 1 is 1.22 bits per heavy atom. The fourth-order valence-corrected chi connectivity index (χ4v) is 4.15. The van der Waals surface area contributed by atoms with Gasteiger partial charge < -0.3 is 4.90 Å². The van der Waals surface area contributed by atoms with E-state index in [1.807, 2.05) is 0 Å². The largest absolute Gasteiger partial charge is 0.345 e. The summed E-state index contributed by atoms with van der Waals surface area (Å²) in [6, 6.07) is 0.565. The minimum Gasteiger partial charge on any atom is -0.345 e. The number of fused-ring (bicyclic) bond motifs is 1. The lowest BCUT2D eigenvalue weighted by atomic mass is 10.0. The van der Waals surface area contributed by atoms with Gasteiger partial charge in [0, 0.05) is 19.0 Å². The van der Waals surface area contributed by atoms with Gasteiger partial charge in [-0.05, 0) is 32.6 Å². The zero-order valence-corrected chi connectivity index (χ0v) is 11.8. The summed E-state index contributed by atoms with van der Waals surface area (Å²) in [5.74, 6) is 0.308. The lowest BCUT2D eigenvalue weighted by Crippen LogP contribution is -2.32. The molecule has 1 atom stereocenters. The normalized spacial score (nSPS) is 24.8. The summed E-state index contributed by atoms with van der Waals surface area (Å²) in [6.45, 7) is 3.38. The number of carbonyl (C=O) groups is 1. The SMILES string of the molecule is CC1CCCCCN1c1nc2c(s1)C(=O)CCC2. The maximum absolute atomic E-state index is 11.9. The Morgan fingerprint density at radius 2 is 2.11 bits per heavy atom. The molecule has 0 spiro atoms. The van der Waals surface area contributed by atoms with Gasteiger partial charge >= 0.3 is 0 Å². The van der Waals surface area contributed by atoms with E-state index in [2.05, 4.69) is 11.8 Å². The number of rotatable bonds is 1. The average Bonchev–Trinajstić information content (AvgIpc) is 2.67. The summed E-state index contributed by atoms with van der Waals surface area (Å²) >= 11 is 1.63. The summed E-state index contributed by atoms with van der Waals surface area (Å²) in [5, 5.41) is 1.09. The number of hydrogen-bond acceptors (Lipinski definition) is 4. The predicted molar refractivity (Wildman–Crippen MR) is 74.7 cm³/mol. The van der Waals surface area contributed by atoms with Crippen molar-refractivity contribution in [3.63, 3.8) is 0 Å². The van der Waals surface area contributed by atoms with E-state index in [1.165, 1.54) is 25.7 Å². The molecule has 3 rings (SSSR count). The summed E-state index contributed by atoms with van der Waals surface area (Å²) in [6.07, 6.45) is 7.82. The van der Waals surface area contributed by atoms with E-state index in [4.69, 9.17) is 4.98 Å². The first-order chi connectivity index (χ1) is 8.75. The van der Waals surface area contributed by atoms with Crippen LogP contribution >= 0.6 is 11.3 Å². The Kier molecular flexibility index (Phi) is 3.37. The van der Waals surface area contributed by atoms with Crippen molar-refractivity contribution in [3.05, 3.63) is 10.6 Å². The Hall–Kier alpha value is -0.900. The van der Waals surface area contributed by atoms with Crippen molar-refractivity contribution < 1.29 is 4.79 Å². The van der Waals surface area contributed by atoms with E-state index >= 15 is 0 Å². The molecule has 0 amide bonds. The molecule has 18 heavy (non-hydrogen) atoms. The molecule has 1 unspecified atom stereocenters. The average molecular weight is 264 g/mol. The second-order valence-corrected chi connectivity index (χ2v) is 6.42. The second kappa shape index (κ2) is 5.00. The van der Waals surface area contributed by atoms with Gasteiger partial charge in [-0.2, -0.15) is 0 Å². The van der Waals surface area contributed by atoms with Crippen LogP contribution in [-0.4, -0.2) is 23.4 Å². The molecule has 0 aromatic carbocycles. The minimum atomic E-state index is 0.308. The lowest BCUT2D eigenvalue weighted by Gasteiger charge is -2.26. The number of aromatic nitrogens is 1. The first kappa shape index (κ1) is 12.2. The summed E-state index contributed by atoms with van der Waals surface area (Å²) in [7, 11) is 0. The Labute approximate surface area is 112 Å². The van der Waals surface area contributed by atoms with Crippen molar-refractivity contribution in [2.45, 2.75) is 57.9 Å². The number of ketones is 1. The van der Waals surface area contributed by atoms with Crippen LogP contribution in [0.3, 0.4) is 0 Å². The Bertz CT molecular complexity index is 455. The molecule has 98 valence electrons. The highest BCUT2D eigenvalue weighted by Gasteiger charge is 2.26. The standard InChI is InChI=1S/C14H20N2OS/c1-10-6-3-2-4-9-16(10)14-15-11-7-5-8-12(17)13(11)18-14/h10H,2-9H2,1H3. The van der Waals surface area contributed by atoms with Crippen LogP contribution < -0.4 is 4.90 Å². The van der Waals surface area contributed by atoms with Crippen LogP contribution in [0.2, 0.25) is 0 Å². The van der Waals surface area contributed by atoms with Crippen LogP contribution in [0.15, 0.2) is 0 Å². The molecule has 1 fully saturated rings. The molecule has 3 nitrogen and oxygen atoms in total. The number of carbonyl (C=O) groups excluding carboxylic acids is 1. The summed E-state index contributed by atoms with van der Waals surface area (Å²) in [5.41, 5.74) is 1.06. The smallest absolute Gasteiger partial charge is 0.186 e. The van der Waals surface area contributed by atoms with Gasteiger partial charge in [-0.1, -0.05) is 24.2 Å². The van der Waals surface area contributed by atoms with Gasteiger partial charge in [0.2, 0.25) is 0 Å². The topological polar surface area (TPSA) is 33.2 Å². The number of anilines is 1. The monoisotopic (exact) mass is 264 g/mol. The molecule has 1 aliphatic carbocycles. The molecule has 1 aliphatic heterocycles. The molecule has 1 saturated heterocycles. The van der Waals surface area contributed by atoms with Gasteiger partial charge in [0.25, 0.3) is 0 Å². The molecule has 0 bridgehead atoms. The second-order valence-electron chi connectivity index (χ2n) is 5.44. The highest BCUT2D eigenvalue weighted by atomic mass is 32.1. The quantitative estimate of drug-likeness (QED) is 0.779. The lowest BCUT2D eigenvalue weighted by molar-refractivity contribution is 0.0976. The van der Waals surface area contributed by atoms with Crippen molar-refractivity contribution in [3.8, 4) is 0 Å². The van der Waals surface area contributed by atoms with Crippen molar-refractivity contribution in [1.29, 1.82) is 0 Å². The molecule has 1 aromatic rings. The van der Waals surface area contributed by atoms with Crippen LogP contribution in [0.5, 0.6) is 0 Å². The van der Waals surface area contributed by atoms with E-state index < -0.39 is 0 Å². The highest BCUT2D eigenvalue weighted by molar-refractivity contribution is 7.17. The maximum Gasteiger partial charge on any atom is 0.186 e. The van der Waals surface area contributed by atoms with Crippen LogP contribution in [0.25, 0.3) is 0 Å². The van der Waals surface area contributed by atoms with Crippen molar-refractivity contribution >= 4 is 22.3 Å². The molecule has 2 aliphatic rings. The summed E-state index contributed by atoms with van der Waals surface area (Å²) < 4.78 is 0. The fraction of sp³-hybridized carbons (Fsp3) is 0.714. The van der Waals surface area contributed by atoms with Crippen molar-refractivity contribution in [2.75, 3.05) is 11.4 Å². The number of Topliss-reactive ketones (excluding diaryl/α,β-unsaturated/α-hetero) is 1. The number of aryl methyl sites for hydroxylation is 1. The van der Waals surface area contributed by atoms with Crippen LogP contribution in [0, 0.1) is 0 Å². The zero-order valence-electron chi connectivity index (χ0n) is 10.9. The van der Waals surface area contributed by atoms with Crippen molar-refractivity contribution in [1.82, 2.24) is 4.98 Å². The van der Waals surface area contributed by atoms with Gasteiger partial charge in [-0.25, -0.2) is 4.98 Å². The summed E-state index contributed by atoms with van der Waals surface area (Å²) in [4.78, 5) is 20.0. The predicted octanol–water partition coefficient (Wildman–Crippen LogP) is 3.43. The highest BCUT2D eigenvalue weighted by Crippen LogP contribution is 2.34. The molecule has 2 heterocycles. The molecule has 4 heteroatoms. The van der Waals surface area contributed by atoms with Crippen LogP contribution in [0.4, 0.5) is 5.13 Å². The number of hydrogen-bond donors (Lipinski definition) is 0. The minimum absolute atomic E-state index is 0.308. The van der Waals surface area contributed by atoms with Gasteiger partial charge in [0.15, 0.2) is 10.9 Å². The molecule has 0 radical (unpaired) electrons. The van der Waals surface area contributed by atoms with Crippen LogP contribution in [-0.2, 0) is 6.42 Å². The third kappa shape index (κ3) is 2.18. The first-order valence-electron chi connectivity index (χ1n) is 7.05. The van der Waals surface area contributed by atoms with E-state index in [9.17, 15) is 4.79 Å². The Morgan fingerprint density at radius 3 is 2.94 bits per heavy atom. The zero-order chi connectivity index (χ0) is 12.5. The van der Waals surface area contributed by atoms with Gasteiger partial charge in [0.05, 0.1) is 10.6 Å². The molecule has 0 saturated carbocycles. The van der Waals surface area contributed by atoms with E-state index in [1.54, 1.807) is 11.3 Å². The van der Waals surface area contributed by atoms with E-state index in [0.717, 1.165) is 35.1 Å². The molecule has 1 aromatic heterocycles. The van der Waals surface area contributed by atoms with Gasteiger partial charge in [-0.3, -0.25) is 4.79 Å². The third-order valence-corrected chi connectivity index (χ3v) is 5.23. The molecule has 0 N–H and O–H groups in total. The molecular formula is C14H20N2OS. The molecular weight excluding hydrogens is 244 g/mol. The fourth-order valence-electron chi connectivity index (χ4n) is 2.94. The maximum atomic E-state index is 11.9. The first-order valence-corrected chi connectivity index (χ1v) is 7.87. The van der Waals surface area contributed by atoms with E-state index in [0.29, 0.717) is 18.2 Å².